The Balaban J connectivity index is 2.58. The molecule has 18 heavy (non-hydrogen) atoms. The first-order valence-corrected chi connectivity index (χ1v) is 6.69. The third-order valence-corrected chi connectivity index (χ3v) is 2.43. The van der Waals surface area contributed by atoms with Crippen LogP contribution in [0.3, 0.4) is 0 Å². The highest BCUT2D eigenvalue weighted by Crippen LogP contribution is 2.24. The van der Waals surface area contributed by atoms with Crippen LogP contribution >= 0.6 is 0 Å². The van der Waals surface area contributed by atoms with Gasteiger partial charge in [-0.1, -0.05) is 26.0 Å². The maximum Gasteiger partial charge on any atom is 0.142 e. The van der Waals surface area contributed by atoms with Gasteiger partial charge in [-0.2, -0.15) is 0 Å². The first-order chi connectivity index (χ1) is 8.63. The standard InChI is InChI=1S/C15H25NO2/c1-5-17-11-13(4)16-14-8-6-7-9-15(14)18-10-12(2)3/h6-9,12-13,16H,5,10-11H2,1-4H3. The smallest absolute Gasteiger partial charge is 0.142 e. The van der Waals surface area contributed by atoms with Crippen LogP contribution in [0.15, 0.2) is 24.3 Å². The summed E-state index contributed by atoms with van der Waals surface area (Å²) >= 11 is 0. The maximum absolute atomic E-state index is 5.80. The Bertz CT molecular complexity index is 339. The predicted molar refractivity (Wildman–Crippen MR) is 76.4 cm³/mol. The average Bonchev–Trinajstić information content (AvgIpc) is 2.35. The Kier molecular flexibility index (Phi) is 6.58. The van der Waals surface area contributed by atoms with E-state index < -0.39 is 0 Å². The van der Waals surface area contributed by atoms with E-state index >= 15 is 0 Å². The lowest BCUT2D eigenvalue weighted by Gasteiger charge is -2.18. The van der Waals surface area contributed by atoms with Crippen LogP contribution in [0, 0.1) is 5.92 Å². The lowest BCUT2D eigenvalue weighted by Crippen LogP contribution is -2.22. The minimum absolute atomic E-state index is 0.272. The van der Waals surface area contributed by atoms with E-state index in [-0.39, 0.29) is 6.04 Å². The van der Waals surface area contributed by atoms with Gasteiger partial charge in [0.15, 0.2) is 0 Å². The molecule has 0 aliphatic rings. The summed E-state index contributed by atoms with van der Waals surface area (Å²) in [4.78, 5) is 0. The fourth-order valence-electron chi connectivity index (χ4n) is 1.57. The highest BCUT2D eigenvalue weighted by molar-refractivity contribution is 5.56. The van der Waals surface area contributed by atoms with Crippen LogP contribution in [-0.2, 0) is 4.74 Å². The van der Waals surface area contributed by atoms with E-state index in [1.165, 1.54) is 0 Å². The van der Waals surface area contributed by atoms with Gasteiger partial charge < -0.3 is 14.8 Å². The van der Waals surface area contributed by atoms with Crippen LogP contribution in [0.2, 0.25) is 0 Å². The van der Waals surface area contributed by atoms with Crippen molar-refractivity contribution in [2.75, 3.05) is 25.1 Å². The van der Waals surface area contributed by atoms with Crippen LogP contribution < -0.4 is 10.1 Å². The SMILES string of the molecule is CCOCC(C)Nc1ccccc1OCC(C)C. The van der Waals surface area contributed by atoms with E-state index in [2.05, 4.69) is 26.1 Å². The molecule has 0 amide bonds. The molecular weight excluding hydrogens is 226 g/mol. The Morgan fingerprint density at radius 1 is 1.11 bits per heavy atom. The number of hydrogen-bond donors (Lipinski definition) is 1. The van der Waals surface area contributed by atoms with Gasteiger partial charge in [-0.3, -0.25) is 0 Å². The molecule has 0 aromatic heterocycles. The van der Waals surface area contributed by atoms with Crippen LogP contribution in [-0.4, -0.2) is 25.9 Å². The van der Waals surface area contributed by atoms with Gasteiger partial charge in [-0.05, 0) is 31.9 Å². The maximum atomic E-state index is 5.80. The van der Waals surface area contributed by atoms with E-state index in [9.17, 15) is 0 Å². The molecule has 3 nitrogen and oxygen atoms in total. The monoisotopic (exact) mass is 251 g/mol. The number of para-hydroxylation sites is 2. The summed E-state index contributed by atoms with van der Waals surface area (Å²) in [7, 11) is 0. The second-order valence-electron chi connectivity index (χ2n) is 4.91. The number of anilines is 1. The average molecular weight is 251 g/mol. The van der Waals surface area contributed by atoms with Crippen molar-refractivity contribution in [3.63, 3.8) is 0 Å². The summed E-state index contributed by atoms with van der Waals surface area (Å²) in [6, 6.07) is 8.32. The van der Waals surface area contributed by atoms with Gasteiger partial charge in [0.1, 0.15) is 5.75 Å². The molecule has 1 N–H and O–H groups in total. The molecule has 1 rings (SSSR count). The summed E-state index contributed by atoms with van der Waals surface area (Å²) in [6.45, 7) is 10.6. The number of ether oxygens (including phenoxy) is 2. The fourth-order valence-corrected chi connectivity index (χ4v) is 1.57. The Hall–Kier alpha value is -1.22. The summed E-state index contributed by atoms with van der Waals surface area (Å²) < 4.78 is 11.2. The molecule has 102 valence electrons. The first kappa shape index (κ1) is 14.8. The topological polar surface area (TPSA) is 30.5 Å². The largest absolute Gasteiger partial charge is 0.491 e. The van der Waals surface area contributed by atoms with Gasteiger partial charge in [-0.25, -0.2) is 0 Å². The quantitative estimate of drug-likeness (QED) is 0.766. The van der Waals surface area contributed by atoms with Crippen molar-refractivity contribution in [2.45, 2.75) is 33.7 Å². The molecule has 0 heterocycles. The Morgan fingerprint density at radius 3 is 2.50 bits per heavy atom. The van der Waals surface area contributed by atoms with E-state index in [1.54, 1.807) is 0 Å². The zero-order valence-corrected chi connectivity index (χ0v) is 11.9. The highest BCUT2D eigenvalue weighted by atomic mass is 16.5. The molecule has 0 fully saturated rings. The Labute approximate surface area is 110 Å². The van der Waals surface area contributed by atoms with E-state index in [4.69, 9.17) is 9.47 Å². The van der Waals surface area contributed by atoms with Crippen LogP contribution in [0.25, 0.3) is 0 Å². The molecule has 1 atom stereocenters. The lowest BCUT2D eigenvalue weighted by molar-refractivity contribution is 0.141. The van der Waals surface area contributed by atoms with Crippen molar-refractivity contribution in [1.82, 2.24) is 0 Å². The van der Waals surface area contributed by atoms with Crippen LogP contribution in [0.1, 0.15) is 27.7 Å². The second-order valence-corrected chi connectivity index (χ2v) is 4.91. The molecule has 0 saturated heterocycles. The third kappa shape index (κ3) is 5.41. The van der Waals surface area contributed by atoms with Gasteiger partial charge in [0.2, 0.25) is 0 Å². The van der Waals surface area contributed by atoms with Gasteiger partial charge in [0, 0.05) is 12.6 Å². The summed E-state index contributed by atoms with van der Waals surface area (Å²) in [5.41, 5.74) is 1.03. The van der Waals surface area contributed by atoms with Crippen molar-refractivity contribution < 1.29 is 9.47 Å². The minimum Gasteiger partial charge on any atom is -0.491 e. The lowest BCUT2D eigenvalue weighted by atomic mass is 10.2. The van der Waals surface area contributed by atoms with Crippen molar-refractivity contribution in [2.24, 2.45) is 5.92 Å². The van der Waals surface area contributed by atoms with Crippen molar-refractivity contribution >= 4 is 5.69 Å². The number of nitrogens with one attached hydrogen (secondary N) is 1. The summed E-state index contributed by atoms with van der Waals surface area (Å²) in [5.74, 6) is 1.44. The summed E-state index contributed by atoms with van der Waals surface area (Å²) in [5, 5.41) is 3.42. The number of rotatable bonds is 8. The molecule has 0 bridgehead atoms. The molecule has 1 aromatic rings. The zero-order valence-electron chi connectivity index (χ0n) is 11.9. The van der Waals surface area contributed by atoms with Crippen LogP contribution in [0.5, 0.6) is 5.75 Å². The molecule has 3 heteroatoms. The van der Waals surface area contributed by atoms with Gasteiger partial charge in [0.05, 0.1) is 18.9 Å². The summed E-state index contributed by atoms with van der Waals surface area (Å²) in [6.07, 6.45) is 0. The molecule has 0 aliphatic carbocycles. The molecule has 1 unspecified atom stereocenters. The molecule has 1 aromatic carbocycles. The number of benzene rings is 1. The van der Waals surface area contributed by atoms with Crippen molar-refractivity contribution in [3.05, 3.63) is 24.3 Å². The zero-order chi connectivity index (χ0) is 13.4. The molecule has 0 spiro atoms. The first-order valence-electron chi connectivity index (χ1n) is 6.69. The van der Waals surface area contributed by atoms with Gasteiger partial charge >= 0.3 is 0 Å². The molecule has 0 saturated carbocycles. The molecule has 0 aliphatic heterocycles. The fraction of sp³-hybridized carbons (Fsp3) is 0.600. The minimum atomic E-state index is 0.272. The van der Waals surface area contributed by atoms with E-state index in [0.29, 0.717) is 12.5 Å². The van der Waals surface area contributed by atoms with E-state index in [1.807, 2.05) is 31.2 Å². The molecular formula is C15H25NO2. The highest BCUT2D eigenvalue weighted by Gasteiger charge is 2.07. The third-order valence-electron chi connectivity index (χ3n) is 2.43. The van der Waals surface area contributed by atoms with Gasteiger partial charge in [0.25, 0.3) is 0 Å². The van der Waals surface area contributed by atoms with Gasteiger partial charge in [-0.15, -0.1) is 0 Å². The second kappa shape index (κ2) is 7.98. The van der Waals surface area contributed by atoms with Crippen molar-refractivity contribution in [3.8, 4) is 5.75 Å². The van der Waals surface area contributed by atoms with E-state index in [0.717, 1.165) is 24.7 Å². The van der Waals surface area contributed by atoms with Crippen molar-refractivity contribution in [1.29, 1.82) is 0 Å². The predicted octanol–water partition coefficient (Wildman–Crippen LogP) is 3.56. The molecule has 0 radical (unpaired) electrons. The van der Waals surface area contributed by atoms with Crippen LogP contribution in [0.4, 0.5) is 5.69 Å². The normalized spacial score (nSPS) is 12.5. The Morgan fingerprint density at radius 2 is 1.83 bits per heavy atom. The number of hydrogen-bond acceptors (Lipinski definition) is 3.